The Morgan fingerprint density at radius 1 is 1.26 bits per heavy atom. The molecule has 0 aliphatic rings. The van der Waals surface area contributed by atoms with Crippen molar-refractivity contribution < 1.29 is 9.15 Å². The number of hydrogen-bond donors (Lipinski definition) is 0. The zero-order chi connectivity index (χ0) is 13.5. The molecule has 0 aliphatic heterocycles. The highest BCUT2D eigenvalue weighted by molar-refractivity contribution is 7.99. The van der Waals surface area contributed by atoms with Crippen LogP contribution >= 0.6 is 23.4 Å². The Bertz CT molecular complexity index is 502. The fourth-order valence-corrected chi connectivity index (χ4v) is 2.32. The van der Waals surface area contributed by atoms with E-state index < -0.39 is 0 Å². The first-order valence-corrected chi connectivity index (χ1v) is 7.48. The molecule has 0 bridgehead atoms. The van der Waals surface area contributed by atoms with Gasteiger partial charge >= 0.3 is 0 Å². The van der Waals surface area contributed by atoms with Crippen molar-refractivity contribution in [1.29, 1.82) is 0 Å². The van der Waals surface area contributed by atoms with Crippen LogP contribution in [0.25, 0.3) is 0 Å². The van der Waals surface area contributed by atoms with E-state index in [1.54, 1.807) is 36.0 Å². The molecule has 0 unspecified atom stereocenters. The molecule has 0 fully saturated rings. The number of nitrogens with zero attached hydrogens (tertiary/aromatic N) is 2. The van der Waals surface area contributed by atoms with Crippen LogP contribution in [0.1, 0.15) is 25.7 Å². The Hall–Kier alpha value is -1.20. The quantitative estimate of drug-likeness (QED) is 0.566. The third-order valence-corrected chi connectivity index (χ3v) is 3.50. The minimum Gasteiger partial charge on any atom is -0.484 e. The number of unbranched alkanes of at least 4 members (excludes halogenated alkanes) is 1. The summed E-state index contributed by atoms with van der Waals surface area (Å²) < 4.78 is 11.0. The molecule has 102 valence electrons. The molecule has 1 aromatic heterocycles. The number of halogens is 1. The third-order valence-electron chi connectivity index (χ3n) is 2.35. The van der Waals surface area contributed by atoms with Gasteiger partial charge < -0.3 is 9.15 Å². The average molecular weight is 299 g/mol. The molecule has 0 amide bonds. The lowest BCUT2D eigenvalue weighted by Gasteiger charge is -2.02. The van der Waals surface area contributed by atoms with Gasteiger partial charge in [-0.3, -0.25) is 0 Å². The number of aromatic nitrogens is 2. The van der Waals surface area contributed by atoms with Crippen molar-refractivity contribution in [2.24, 2.45) is 0 Å². The second kappa shape index (κ2) is 7.40. The van der Waals surface area contributed by atoms with Gasteiger partial charge in [-0.1, -0.05) is 36.7 Å². The molecule has 0 atom stereocenters. The van der Waals surface area contributed by atoms with Gasteiger partial charge in [-0.05, 0) is 30.7 Å². The van der Waals surface area contributed by atoms with Crippen molar-refractivity contribution in [1.82, 2.24) is 10.2 Å². The minimum atomic E-state index is 0.267. The van der Waals surface area contributed by atoms with E-state index in [4.69, 9.17) is 20.8 Å². The maximum absolute atomic E-state index is 5.79. The van der Waals surface area contributed by atoms with Crippen molar-refractivity contribution in [3.63, 3.8) is 0 Å². The molecule has 19 heavy (non-hydrogen) atoms. The van der Waals surface area contributed by atoms with E-state index in [1.165, 1.54) is 0 Å². The van der Waals surface area contributed by atoms with Crippen LogP contribution in [0.15, 0.2) is 33.9 Å². The third kappa shape index (κ3) is 4.76. The second-order valence-corrected chi connectivity index (χ2v) is 5.39. The van der Waals surface area contributed by atoms with Crippen LogP contribution in [0.5, 0.6) is 5.75 Å². The molecule has 6 heteroatoms. The highest BCUT2D eigenvalue weighted by Gasteiger charge is 2.07. The zero-order valence-electron chi connectivity index (χ0n) is 10.6. The van der Waals surface area contributed by atoms with Gasteiger partial charge in [0.1, 0.15) is 5.75 Å². The summed E-state index contributed by atoms with van der Waals surface area (Å²) in [5.74, 6) is 2.20. The highest BCUT2D eigenvalue weighted by atomic mass is 35.5. The van der Waals surface area contributed by atoms with Crippen molar-refractivity contribution in [2.75, 3.05) is 5.75 Å². The predicted molar refractivity (Wildman–Crippen MR) is 75.7 cm³/mol. The largest absolute Gasteiger partial charge is 0.484 e. The van der Waals surface area contributed by atoms with E-state index in [0.717, 1.165) is 24.3 Å². The van der Waals surface area contributed by atoms with E-state index >= 15 is 0 Å². The summed E-state index contributed by atoms with van der Waals surface area (Å²) >= 11 is 7.37. The fourth-order valence-electron chi connectivity index (χ4n) is 1.33. The van der Waals surface area contributed by atoms with Crippen molar-refractivity contribution >= 4 is 23.4 Å². The molecule has 0 saturated carbocycles. The molecule has 0 spiro atoms. The molecule has 2 rings (SSSR count). The SMILES string of the molecule is CCCCSc1nnc(COc2ccc(Cl)cc2)o1. The number of hydrogen-bond acceptors (Lipinski definition) is 5. The molecule has 0 radical (unpaired) electrons. The fraction of sp³-hybridized carbons (Fsp3) is 0.385. The Labute approximate surface area is 121 Å². The topological polar surface area (TPSA) is 48.2 Å². The monoisotopic (exact) mass is 298 g/mol. The van der Waals surface area contributed by atoms with Gasteiger partial charge in [-0.15, -0.1) is 10.2 Å². The second-order valence-electron chi connectivity index (χ2n) is 3.91. The first kappa shape index (κ1) is 14.2. The molecule has 0 N–H and O–H groups in total. The minimum absolute atomic E-state index is 0.267. The van der Waals surface area contributed by atoms with Crippen LogP contribution in [-0.2, 0) is 6.61 Å². The van der Waals surface area contributed by atoms with E-state index in [0.29, 0.717) is 16.1 Å². The summed E-state index contributed by atoms with van der Waals surface area (Å²) in [6.07, 6.45) is 2.30. The number of ether oxygens (including phenoxy) is 1. The Morgan fingerprint density at radius 3 is 2.79 bits per heavy atom. The summed E-state index contributed by atoms with van der Waals surface area (Å²) in [6.45, 7) is 2.42. The average Bonchev–Trinajstić information content (AvgIpc) is 2.86. The van der Waals surface area contributed by atoms with Crippen LogP contribution in [0.4, 0.5) is 0 Å². The maximum atomic E-state index is 5.79. The normalized spacial score (nSPS) is 10.6. The van der Waals surface area contributed by atoms with Gasteiger partial charge in [0.2, 0.25) is 0 Å². The number of benzene rings is 1. The summed E-state index contributed by atoms with van der Waals surface area (Å²) in [4.78, 5) is 0. The summed E-state index contributed by atoms with van der Waals surface area (Å²) in [5, 5.41) is 9.18. The molecule has 2 aromatic rings. The molecular formula is C13H15ClN2O2S. The van der Waals surface area contributed by atoms with Crippen molar-refractivity contribution in [3.8, 4) is 5.75 Å². The first-order chi connectivity index (χ1) is 9.28. The molecule has 0 aliphatic carbocycles. The van der Waals surface area contributed by atoms with Crippen LogP contribution in [0.2, 0.25) is 5.02 Å². The lowest BCUT2D eigenvalue weighted by Crippen LogP contribution is -1.95. The zero-order valence-corrected chi connectivity index (χ0v) is 12.2. The van der Waals surface area contributed by atoms with Crippen molar-refractivity contribution in [2.45, 2.75) is 31.6 Å². The van der Waals surface area contributed by atoms with E-state index in [-0.39, 0.29) is 6.61 Å². The standard InChI is InChI=1S/C13H15ClN2O2S/c1-2-3-8-19-13-16-15-12(18-13)9-17-11-6-4-10(14)5-7-11/h4-7H,2-3,8-9H2,1H3. The van der Waals surface area contributed by atoms with Gasteiger partial charge in [0.25, 0.3) is 11.1 Å². The molecule has 1 heterocycles. The summed E-state index contributed by atoms with van der Waals surface area (Å²) in [6, 6.07) is 7.15. The Balaban J connectivity index is 1.81. The predicted octanol–water partition coefficient (Wildman–Crippen LogP) is 4.19. The van der Waals surface area contributed by atoms with Gasteiger partial charge in [0.15, 0.2) is 6.61 Å². The van der Waals surface area contributed by atoms with Crippen LogP contribution in [0, 0.1) is 0 Å². The smallest absolute Gasteiger partial charge is 0.276 e. The lowest BCUT2D eigenvalue weighted by molar-refractivity contribution is 0.252. The first-order valence-electron chi connectivity index (χ1n) is 6.11. The summed E-state index contributed by atoms with van der Waals surface area (Å²) in [5.41, 5.74) is 0. The number of rotatable bonds is 7. The van der Waals surface area contributed by atoms with Gasteiger partial charge in [-0.2, -0.15) is 0 Å². The summed E-state index contributed by atoms with van der Waals surface area (Å²) in [7, 11) is 0. The Morgan fingerprint density at radius 2 is 2.05 bits per heavy atom. The molecular weight excluding hydrogens is 284 g/mol. The molecule has 4 nitrogen and oxygen atoms in total. The van der Waals surface area contributed by atoms with E-state index in [2.05, 4.69) is 17.1 Å². The highest BCUT2D eigenvalue weighted by Crippen LogP contribution is 2.19. The van der Waals surface area contributed by atoms with E-state index in [1.807, 2.05) is 0 Å². The lowest BCUT2D eigenvalue weighted by atomic mass is 10.3. The molecule has 0 saturated heterocycles. The maximum Gasteiger partial charge on any atom is 0.276 e. The van der Waals surface area contributed by atoms with Gasteiger partial charge in [-0.25, -0.2) is 0 Å². The molecule has 1 aromatic carbocycles. The van der Waals surface area contributed by atoms with Crippen LogP contribution in [0.3, 0.4) is 0 Å². The van der Waals surface area contributed by atoms with Crippen LogP contribution in [-0.4, -0.2) is 16.0 Å². The number of thioether (sulfide) groups is 1. The van der Waals surface area contributed by atoms with Crippen LogP contribution < -0.4 is 4.74 Å². The van der Waals surface area contributed by atoms with Gasteiger partial charge in [0, 0.05) is 10.8 Å². The van der Waals surface area contributed by atoms with Crippen molar-refractivity contribution in [3.05, 3.63) is 35.2 Å². The van der Waals surface area contributed by atoms with Gasteiger partial charge in [0.05, 0.1) is 0 Å². The Kier molecular flexibility index (Phi) is 5.54. The van der Waals surface area contributed by atoms with E-state index in [9.17, 15) is 0 Å².